The molecule has 65 heavy (non-hydrogen) atoms. The van der Waals surface area contributed by atoms with Gasteiger partial charge in [0.15, 0.2) is 17.5 Å². The van der Waals surface area contributed by atoms with Gasteiger partial charge in [-0.1, -0.05) is 97.1 Å². The Labute approximate surface area is 371 Å². The summed E-state index contributed by atoms with van der Waals surface area (Å²) in [6.45, 7) is 0. The average molecular weight is 839 g/mol. The van der Waals surface area contributed by atoms with E-state index in [4.69, 9.17) is 15.0 Å². The molecule has 0 unspecified atom stereocenters. The highest BCUT2D eigenvalue weighted by atomic mass is 19.1. The van der Waals surface area contributed by atoms with Gasteiger partial charge in [0.1, 0.15) is 11.6 Å². The summed E-state index contributed by atoms with van der Waals surface area (Å²) in [5.74, 6) is -0.422. The molecule has 0 fully saturated rings. The normalized spacial score (nSPS) is 10.9. The monoisotopic (exact) mass is 838 g/mol. The molecule has 2 aromatic heterocycles. The van der Waals surface area contributed by atoms with Crippen molar-refractivity contribution in [2.45, 2.75) is 0 Å². The molecular weight excluding hydrogens is 811 g/mol. The Morgan fingerprint density at radius 2 is 0.862 bits per heavy atom. The van der Waals surface area contributed by atoms with Crippen molar-refractivity contribution in [3.05, 3.63) is 204 Å². The largest absolute Gasteiger partial charge is 0.308 e. The van der Waals surface area contributed by atoms with Crippen LogP contribution >= 0.6 is 0 Å². The molecule has 10 rings (SSSR count). The fraction of sp³-hybridized carbons (Fsp3) is 0. The van der Waals surface area contributed by atoms with E-state index >= 15 is 8.78 Å². The zero-order valence-electron chi connectivity index (χ0n) is 34.0. The summed E-state index contributed by atoms with van der Waals surface area (Å²) in [7, 11) is 0. The van der Waals surface area contributed by atoms with E-state index in [0.29, 0.717) is 56.3 Å². The minimum Gasteiger partial charge on any atom is -0.308 e. The fourth-order valence-electron chi connectivity index (χ4n) is 8.30. The molecule has 0 atom stereocenters. The molecule has 10 aromatic rings. The molecule has 0 aliphatic carbocycles. The van der Waals surface area contributed by atoms with Gasteiger partial charge in [-0.15, -0.1) is 0 Å². The van der Waals surface area contributed by atoms with Crippen molar-refractivity contribution in [1.29, 1.82) is 21.0 Å². The van der Waals surface area contributed by atoms with Crippen LogP contribution in [-0.2, 0) is 0 Å². The van der Waals surface area contributed by atoms with Crippen LogP contribution in [0.25, 0.3) is 95.0 Å². The lowest BCUT2D eigenvalue weighted by atomic mass is 9.95. The number of hydrogen-bond donors (Lipinski definition) is 0. The second kappa shape index (κ2) is 16.3. The van der Waals surface area contributed by atoms with Gasteiger partial charge in [0.2, 0.25) is 0 Å². The van der Waals surface area contributed by atoms with Crippen LogP contribution < -0.4 is 0 Å². The third-order valence-electron chi connectivity index (χ3n) is 11.4. The van der Waals surface area contributed by atoms with Gasteiger partial charge in [-0.25, -0.2) is 23.7 Å². The summed E-state index contributed by atoms with van der Waals surface area (Å²) in [6, 6.07) is 58.2. The van der Waals surface area contributed by atoms with Gasteiger partial charge in [0, 0.05) is 27.5 Å². The van der Waals surface area contributed by atoms with E-state index in [1.807, 2.05) is 102 Å². The van der Waals surface area contributed by atoms with Crippen LogP contribution in [0.1, 0.15) is 22.3 Å². The van der Waals surface area contributed by atoms with Crippen molar-refractivity contribution in [3.8, 4) is 97.5 Å². The van der Waals surface area contributed by atoms with Gasteiger partial charge in [-0.2, -0.15) is 21.0 Å². The van der Waals surface area contributed by atoms with E-state index in [-0.39, 0.29) is 17.0 Å². The van der Waals surface area contributed by atoms with Gasteiger partial charge >= 0.3 is 0 Å². The quantitative estimate of drug-likeness (QED) is 0.156. The van der Waals surface area contributed by atoms with Crippen LogP contribution in [-0.4, -0.2) is 19.5 Å². The molecule has 0 saturated heterocycles. The molecule has 0 spiro atoms. The third-order valence-corrected chi connectivity index (χ3v) is 11.4. The molecule has 0 aliphatic heterocycles. The van der Waals surface area contributed by atoms with Gasteiger partial charge in [-0.3, -0.25) is 0 Å². The lowest BCUT2D eigenvalue weighted by molar-refractivity contribution is 0.589. The summed E-state index contributed by atoms with van der Waals surface area (Å²) >= 11 is 0. The zero-order valence-corrected chi connectivity index (χ0v) is 34.0. The number of benzene rings is 8. The number of rotatable bonds is 7. The Balaban J connectivity index is 1.30. The minimum absolute atomic E-state index is 0.205. The molecule has 8 aromatic carbocycles. The first-order valence-corrected chi connectivity index (χ1v) is 20.3. The first-order chi connectivity index (χ1) is 31.8. The molecule has 10 heteroatoms. The second-order valence-corrected chi connectivity index (χ2v) is 15.1. The number of fused-ring (bicyclic) bond motifs is 3. The number of nitrogens with zero attached hydrogens (tertiary/aromatic N) is 8. The summed E-state index contributed by atoms with van der Waals surface area (Å²) in [5.41, 5.74) is 8.15. The van der Waals surface area contributed by atoms with E-state index in [1.54, 1.807) is 54.6 Å². The Morgan fingerprint density at radius 3 is 1.34 bits per heavy atom. The molecule has 0 aliphatic rings. The van der Waals surface area contributed by atoms with Crippen LogP contribution in [0.15, 0.2) is 170 Å². The molecule has 0 amide bonds. The Kier molecular flexibility index (Phi) is 9.94. The SMILES string of the molecule is N#Cc1ccc(-c2ccc3c(c2)c2cc(-c4ccc(C#N)cc4C#N)ccc2n3-c2ccc(-c3c(F)cccc3F)cc2-c2nc(-c3ccccc3)nc(-c3ccccc3)n2)c(C#N)c1. The van der Waals surface area contributed by atoms with Crippen LogP contribution in [0.5, 0.6) is 0 Å². The highest BCUT2D eigenvalue weighted by Crippen LogP contribution is 2.42. The number of hydrogen-bond acceptors (Lipinski definition) is 7. The molecular formula is C55H28F2N8. The van der Waals surface area contributed by atoms with E-state index in [9.17, 15) is 21.0 Å². The Bertz CT molecular complexity index is 3530. The lowest BCUT2D eigenvalue weighted by Gasteiger charge is -2.17. The van der Waals surface area contributed by atoms with Crippen LogP contribution in [0, 0.1) is 57.0 Å². The third kappa shape index (κ3) is 7.06. The number of nitriles is 4. The molecule has 2 heterocycles. The van der Waals surface area contributed by atoms with Crippen molar-refractivity contribution in [1.82, 2.24) is 19.5 Å². The summed E-state index contributed by atoms with van der Waals surface area (Å²) < 4.78 is 33.3. The van der Waals surface area contributed by atoms with Crippen molar-refractivity contribution in [2.75, 3.05) is 0 Å². The van der Waals surface area contributed by atoms with Crippen LogP contribution in [0.3, 0.4) is 0 Å². The standard InChI is InChI=1S/C55H28F2N8/c56-47-12-7-13-48(57)52(47)39-18-23-51(46(28-39)55-63-53(35-8-3-1-4-9-35)62-54(64-55)36-10-5-2-6-11-36)65-49-21-16-37(42-19-14-33(29-58)24-40(42)31-60)26-44(49)45-27-38(17-22-50(45)65)43-20-15-34(30-59)25-41(43)32-61/h1-28H. The predicted molar refractivity (Wildman–Crippen MR) is 246 cm³/mol. The van der Waals surface area contributed by atoms with Crippen molar-refractivity contribution in [2.24, 2.45) is 0 Å². The second-order valence-electron chi connectivity index (χ2n) is 15.1. The lowest BCUT2D eigenvalue weighted by Crippen LogP contribution is -2.04. The molecule has 0 radical (unpaired) electrons. The maximum absolute atomic E-state index is 15.6. The topological polar surface area (TPSA) is 139 Å². The van der Waals surface area contributed by atoms with E-state index < -0.39 is 11.6 Å². The first kappa shape index (κ1) is 39.5. The van der Waals surface area contributed by atoms with Crippen LogP contribution in [0.4, 0.5) is 8.78 Å². The smallest absolute Gasteiger partial charge is 0.166 e. The summed E-state index contributed by atoms with van der Waals surface area (Å²) in [5, 5.41) is 41.1. The van der Waals surface area contributed by atoms with Gasteiger partial charge in [-0.05, 0) is 101 Å². The summed E-state index contributed by atoms with van der Waals surface area (Å²) in [4.78, 5) is 15.0. The molecule has 0 N–H and O–H groups in total. The minimum atomic E-state index is -0.731. The maximum atomic E-state index is 15.6. The van der Waals surface area contributed by atoms with Crippen molar-refractivity contribution < 1.29 is 8.78 Å². The van der Waals surface area contributed by atoms with Crippen molar-refractivity contribution >= 4 is 21.8 Å². The van der Waals surface area contributed by atoms with E-state index in [1.165, 1.54) is 18.2 Å². The number of aromatic nitrogens is 4. The Hall–Kier alpha value is -9.61. The molecule has 0 saturated carbocycles. The zero-order chi connectivity index (χ0) is 44.6. The molecule has 302 valence electrons. The van der Waals surface area contributed by atoms with Gasteiger partial charge < -0.3 is 4.57 Å². The average Bonchev–Trinajstić information content (AvgIpc) is 3.68. The van der Waals surface area contributed by atoms with Gasteiger partial charge in [0.05, 0.1) is 68.8 Å². The summed E-state index contributed by atoms with van der Waals surface area (Å²) in [6.07, 6.45) is 0. The van der Waals surface area contributed by atoms with E-state index in [0.717, 1.165) is 44.1 Å². The molecule has 8 nitrogen and oxygen atoms in total. The number of halogens is 2. The maximum Gasteiger partial charge on any atom is 0.166 e. The highest BCUT2D eigenvalue weighted by molar-refractivity contribution is 6.12. The predicted octanol–water partition coefficient (Wildman–Crippen LogP) is 12.7. The van der Waals surface area contributed by atoms with Crippen LogP contribution in [0.2, 0.25) is 0 Å². The molecule has 0 bridgehead atoms. The van der Waals surface area contributed by atoms with E-state index in [2.05, 4.69) is 24.3 Å². The Morgan fingerprint density at radius 1 is 0.385 bits per heavy atom. The van der Waals surface area contributed by atoms with Gasteiger partial charge in [0.25, 0.3) is 0 Å². The fourth-order valence-corrected chi connectivity index (χ4v) is 8.30. The first-order valence-electron chi connectivity index (χ1n) is 20.3. The van der Waals surface area contributed by atoms with Crippen molar-refractivity contribution in [3.63, 3.8) is 0 Å². The highest BCUT2D eigenvalue weighted by Gasteiger charge is 2.23.